The second kappa shape index (κ2) is 6.80. The van der Waals surface area contributed by atoms with Crippen LogP contribution in [0.15, 0.2) is 0 Å². The van der Waals surface area contributed by atoms with E-state index in [-0.39, 0.29) is 6.04 Å². The summed E-state index contributed by atoms with van der Waals surface area (Å²) < 4.78 is 0. The number of hydrogen-bond acceptors (Lipinski definition) is 3. The molecule has 4 heteroatoms. The Hall–Kier alpha value is -0.220. The van der Waals surface area contributed by atoms with E-state index < -0.39 is 0 Å². The normalized spacial score (nSPS) is 34.4. The van der Waals surface area contributed by atoms with Gasteiger partial charge in [0, 0.05) is 18.3 Å². The number of amides is 1. The highest BCUT2D eigenvalue weighted by molar-refractivity contribution is 7.99. The minimum absolute atomic E-state index is 0.0449. The summed E-state index contributed by atoms with van der Waals surface area (Å²) in [4.78, 5) is 14.6. The Morgan fingerprint density at radius 3 is 2.83 bits per heavy atom. The number of hydrogen-bond donors (Lipinski definition) is 1. The summed E-state index contributed by atoms with van der Waals surface area (Å²) in [7, 11) is 1.91. The number of carbonyl (C=O) groups excluding carboxylic acids is 1. The smallest absolute Gasteiger partial charge is 0.239 e. The highest BCUT2D eigenvalue weighted by atomic mass is 32.2. The van der Waals surface area contributed by atoms with E-state index in [4.69, 9.17) is 0 Å². The van der Waals surface area contributed by atoms with Crippen molar-refractivity contribution in [2.45, 2.75) is 50.3 Å². The Morgan fingerprint density at radius 1 is 1.33 bits per heavy atom. The van der Waals surface area contributed by atoms with Crippen LogP contribution in [0.5, 0.6) is 0 Å². The molecule has 2 aliphatic rings. The molecule has 0 radical (unpaired) electrons. The second-order valence-corrected chi connectivity index (χ2v) is 7.16. The van der Waals surface area contributed by atoms with E-state index in [1.165, 1.54) is 25.0 Å². The van der Waals surface area contributed by atoms with Crippen molar-refractivity contribution in [2.24, 2.45) is 5.92 Å². The third kappa shape index (κ3) is 3.64. The van der Waals surface area contributed by atoms with Gasteiger partial charge in [0.15, 0.2) is 0 Å². The van der Waals surface area contributed by atoms with Crippen LogP contribution in [0, 0.1) is 5.92 Å². The molecule has 2 heterocycles. The van der Waals surface area contributed by atoms with Gasteiger partial charge in [0.25, 0.3) is 0 Å². The fraction of sp³-hybridized carbons (Fsp3) is 0.929. The van der Waals surface area contributed by atoms with Crippen LogP contribution in [-0.4, -0.2) is 48.0 Å². The molecular formula is C14H26N2OS. The largest absolute Gasteiger partial charge is 0.340 e. The van der Waals surface area contributed by atoms with Gasteiger partial charge in [-0.2, -0.15) is 11.8 Å². The molecule has 2 rings (SSSR count). The van der Waals surface area contributed by atoms with Crippen molar-refractivity contribution in [1.29, 1.82) is 0 Å². The van der Waals surface area contributed by atoms with E-state index in [0.717, 1.165) is 25.9 Å². The maximum absolute atomic E-state index is 12.4. The van der Waals surface area contributed by atoms with Crippen molar-refractivity contribution in [1.82, 2.24) is 10.2 Å². The maximum atomic E-state index is 12.4. The lowest BCUT2D eigenvalue weighted by Gasteiger charge is -2.31. The van der Waals surface area contributed by atoms with Gasteiger partial charge in [-0.3, -0.25) is 4.79 Å². The molecule has 0 aliphatic carbocycles. The van der Waals surface area contributed by atoms with Crippen molar-refractivity contribution >= 4 is 17.7 Å². The van der Waals surface area contributed by atoms with Crippen LogP contribution < -0.4 is 5.32 Å². The van der Waals surface area contributed by atoms with Crippen molar-refractivity contribution in [3.05, 3.63) is 0 Å². The molecule has 2 aliphatic heterocycles. The molecule has 2 fully saturated rings. The summed E-state index contributed by atoms with van der Waals surface area (Å²) in [5, 5.41) is 3.86. The Labute approximate surface area is 115 Å². The van der Waals surface area contributed by atoms with Gasteiger partial charge in [-0.05, 0) is 44.4 Å². The van der Waals surface area contributed by atoms with Crippen LogP contribution >= 0.6 is 11.8 Å². The summed E-state index contributed by atoms with van der Waals surface area (Å²) in [6.45, 7) is 4.19. The topological polar surface area (TPSA) is 32.3 Å². The minimum atomic E-state index is 0.0449. The third-order valence-corrected chi connectivity index (χ3v) is 5.52. The molecule has 0 aromatic heterocycles. The lowest BCUT2D eigenvalue weighted by Crippen LogP contribution is -2.46. The number of likely N-dealkylation sites (tertiary alicyclic amines) is 1. The molecule has 0 aromatic rings. The summed E-state index contributed by atoms with van der Waals surface area (Å²) in [6, 6.07) is 0.0449. The fourth-order valence-corrected chi connectivity index (χ4v) is 4.30. The molecule has 0 aromatic carbocycles. The van der Waals surface area contributed by atoms with Gasteiger partial charge < -0.3 is 10.2 Å². The van der Waals surface area contributed by atoms with Crippen LogP contribution in [0.2, 0.25) is 0 Å². The van der Waals surface area contributed by atoms with Gasteiger partial charge in [0.2, 0.25) is 5.91 Å². The molecule has 18 heavy (non-hydrogen) atoms. The number of likely N-dealkylation sites (N-methyl/N-ethyl adjacent to an activating group) is 1. The fourth-order valence-electron chi connectivity index (χ4n) is 2.98. The molecular weight excluding hydrogens is 244 g/mol. The zero-order valence-corrected chi connectivity index (χ0v) is 12.5. The van der Waals surface area contributed by atoms with Crippen molar-refractivity contribution < 1.29 is 4.79 Å². The van der Waals surface area contributed by atoms with Crippen molar-refractivity contribution in [2.75, 3.05) is 25.9 Å². The third-order valence-electron chi connectivity index (χ3n) is 4.14. The van der Waals surface area contributed by atoms with E-state index >= 15 is 0 Å². The molecule has 3 unspecified atom stereocenters. The highest BCUT2D eigenvalue weighted by Crippen LogP contribution is 2.27. The highest BCUT2D eigenvalue weighted by Gasteiger charge is 2.30. The number of nitrogens with zero attached hydrogens (tertiary/aromatic N) is 1. The quantitative estimate of drug-likeness (QED) is 0.852. The lowest BCUT2D eigenvalue weighted by atomic mass is 10.0. The van der Waals surface area contributed by atoms with E-state index in [0.29, 0.717) is 17.1 Å². The zero-order valence-electron chi connectivity index (χ0n) is 11.7. The maximum Gasteiger partial charge on any atom is 0.239 e. The van der Waals surface area contributed by atoms with E-state index in [1.54, 1.807) is 0 Å². The first kappa shape index (κ1) is 14.2. The Bertz CT molecular complexity index is 279. The molecule has 1 N–H and O–H groups in total. The number of nitrogens with one attached hydrogen (secondary N) is 1. The molecule has 3 atom stereocenters. The first-order chi connectivity index (χ1) is 8.70. The Balaban J connectivity index is 1.96. The Morgan fingerprint density at radius 2 is 2.17 bits per heavy atom. The van der Waals surface area contributed by atoms with Crippen molar-refractivity contribution in [3.8, 4) is 0 Å². The number of rotatable bonds is 3. The van der Waals surface area contributed by atoms with E-state index in [1.807, 2.05) is 7.05 Å². The van der Waals surface area contributed by atoms with Crippen LogP contribution in [0.4, 0.5) is 0 Å². The molecule has 2 saturated heterocycles. The second-order valence-electron chi connectivity index (χ2n) is 5.76. The van der Waals surface area contributed by atoms with E-state index in [2.05, 4.69) is 28.9 Å². The van der Waals surface area contributed by atoms with Gasteiger partial charge in [0.1, 0.15) is 0 Å². The SMILES string of the molecule is CNC1CCC(C)CN(CC2CCCCS2)C1=O. The number of thioether (sulfide) groups is 1. The first-order valence-corrected chi connectivity index (χ1v) is 8.33. The molecule has 1 amide bonds. The first-order valence-electron chi connectivity index (χ1n) is 7.28. The van der Waals surface area contributed by atoms with Crippen molar-refractivity contribution in [3.63, 3.8) is 0 Å². The monoisotopic (exact) mass is 270 g/mol. The summed E-state index contributed by atoms with van der Waals surface area (Å²) >= 11 is 2.06. The zero-order chi connectivity index (χ0) is 13.0. The molecule has 0 bridgehead atoms. The van der Waals surface area contributed by atoms with Crippen LogP contribution in [0.25, 0.3) is 0 Å². The van der Waals surface area contributed by atoms with E-state index in [9.17, 15) is 4.79 Å². The van der Waals surface area contributed by atoms with Crippen LogP contribution in [0.1, 0.15) is 39.0 Å². The molecule has 0 spiro atoms. The van der Waals surface area contributed by atoms with Crippen LogP contribution in [-0.2, 0) is 4.79 Å². The Kier molecular flexibility index (Phi) is 5.37. The average molecular weight is 270 g/mol. The number of carbonyl (C=O) groups is 1. The minimum Gasteiger partial charge on any atom is -0.340 e. The average Bonchev–Trinajstić information content (AvgIpc) is 2.51. The van der Waals surface area contributed by atoms with Gasteiger partial charge >= 0.3 is 0 Å². The summed E-state index contributed by atoms with van der Waals surface area (Å²) in [5.74, 6) is 2.24. The molecule has 104 valence electrons. The van der Waals surface area contributed by atoms with Gasteiger partial charge in [-0.25, -0.2) is 0 Å². The van der Waals surface area contributed by atoms with Gasteiger partial charge in [0.05, 0.1) is 6.04 Å². The standard InChI is InChI=1S/C14H26N2OS/c1-11-6-7-13(15-2)14(17)16(9-11)10-12-5-3-4-8-18-12/h11-13,15H,3-10H2,1-2H3. The van der Waals surface area contributed by atoms with Gasteiger partial charge in [-0.1, -0.05) is 13.3 Å². The predicted octanol–water partition coefficient (Wildman–Crippen LogP) is 2.12. The predicted molar refractivity (Wildman–Crippen MR) is 77.9 cm³/mol. The molecule has 0 saturated carbocycles. The van der Waals surface area contributed by atoms with Gasteiger partial charge in [-0.15, -0.1) is 0 Å². The van der Waals surface area contributed by atoms with Crippen LogP contribution in [0.3, 0.4) is 0 Å². The summed E-state index contributed by atoms with van der Waals surface area (Å²) in [6.07, 6.45) is 6.12. The summed E-state index contributed by atoms with van der Waals surface area (Å²) in [5.41, 5.74) is 0. The lowest BCUT2D eigenvalue weighted by molar-refractivity contribution is -0.133. The molecule has 3 nitrogen and oxygen atoms in total.